The molecule has 6 nitrogen and oxygen atoms in total. The van der Waals surface area contributed by atoms with Crippen molar-refractivity contribution in [1.82, 2.24) is 19.9 Å². The van der Waals surface area contributed by atoms with Gasteiger partial charge in [0.2, 0.25) is 0 Å². The van der Waals surface area contributed by atoms with Gasteiger partial charge in [0.25, 0.3) is 0 Å². The molecule has 1 aromatic carbocycles. The quantitative estimate of drug-likeness (QED) is 0.596. The summed E-state index contributed by atoms with van der Waals surface area (Å²) in [6, 6.07) is 12.5. The molecule has 0 N–H and O–H groups in total. The van der Waals surface area contributed by atoms with Crippen LogP contribution in [0.1, 0.15) is 35.6 Å². The van der Waals surface area contributed by atoms with Gasteiger partial charge < -0.3 is 9.64 Å². The number of piperidine rings is 1. The Morgan fingerprint density at radius 2 is 2.03 bits per heavy atom. The normalized spacial score (nSPS) is 16.8. The summed E-state index contributed by atoms with van der Waals surface area (Å²) < 4.78 is 5.63. The molecule has 0 bridgehead atoms. The summed E-state index contributed by atoms with van der Waals surface area (Å²) in [4.78, 5) is 18.5. The number of benzene rings is 1. The third-order valence-electron chi connectivity index (χ3n) is 5.87. The van der Waals surface area contributed by atoms with Crippen LogP contribution in [0.5, 0.6) is 5.75 Å². The van der Waals surface area contributed by atoms with Crippen LogP contribution in [0.25, 0.3) is 11.4 Å². The number of hydrogen-bond acceptors (Lipinski definition) is 6. The molecule has 6 heteroatoms. The van der Waals surface area contributed by atoms with Crippen LogP contribution >= 0.6 is 0 Å². The topological polar surface area (TPSA) is 54.4 Å². The van der Waals surface area contributed by atoms with E-state index in [1.807, 2.05) is 37.3 Å². The Balaban J connectivity index is 1.58. The predicted molar refractivity (Wildman–Crippen MR) is 125 cm³/mol. The lowest BCUT2D eigenvalue weighted by Crippen LogP contribution is -2.34. The van der Waals surface area contributed by atoms with Crippen molar-refractivity contribution in [2.45, 2.75) is 32.2 Å². The molecule has 3 heterocycles. The highest BCUT2D eigenvalue weighted by molar-refractivity contribution is 5.56. The van der Waals surface area contributed by atoms with Crippen molar-refractivity contribution < 1.29 is 4.74 Å². The standard InChI is InChI=1S/C25H31N5O/c1-18-9-10-21(23(13-18)31-4)17-30-12-6-8-20(16-30)22-14-24(29(2)3)28-25(27-22)19-7-5-11-26-15-19/h5,7,9-11,13-15,20H,6,8,12,16-17H2,1-4H3/t20-/m1/s1. The summed E-state index contributed by atoms with van der Waals surface area (Å²) >= 11 is 0. The Morgan fingerprint density at radius 3 is 2.77 bits per heavy atom. The number of aromatic nitrogens is 3. The maximum Gasteiger partial charge on any atom is 0.163 e. The first-order valence-corrected chi connectivity index (χ1v) is 10.9. The van der Waals surface area contributed by atoms with Gasteiger partial charge in [-0.3, -0.25) is 9.88 Å². The molecule has 1 aliphatic rings. The van der Waals surface area contributed by atoms with Crippen molar-refractivity contribution in [1.29, 1.82) is 0 Å². The average molecular weight is 418 g/mol. The number of pyridine rings is 1. The summed E-state index contributed by atoms with van der Waals surface area (Å²) in [5.74, 6) is 3.02. The number of ether oxygens (including phenoxy) is 1. The second kappa shape index (κ2) is 9.43. The van der Waals surface area contributed by atoms with Crippen LogP contribution in [-0.4, -0.2) is 54.1 Å². The Kier molecular flexibility index (Phi) is 6.47. The van der Waals surface area contributed by atoms with Crippen LogP contribution in [0.15, 0.2) is 48.8 Å². The molecule has 2 aromatic heterocycles. The van der Waals surface area contributed by atoms with Crippen LogP contribution in [0.4, 0.5) is 5.82 Å². The molecular weight excluding hydrogens is 386 g/mol. The first kappa shape index (κ1) is 21.2. The molecule has 0 radical (unpaired) electrons. The molecule has 3 aromatic rings. The summed E-state index contributed by atoms with van der Waals surface area (Å²) in [7, 11) is 5.80. The van der Waals surface area contributed by atoms with E-state index < -0.39 is 0 Å². The lowest BCUT2D eigenvalue weighted by molar-refractivity contribution is 0.196. The number of nitrogens with zero attached hydrogens (tertiary/aromatic N) is 5. The molecular formula is C25H31N5O. The van der Waals surface area contributed by atoms with Crippen LogP contribution < -0.4 is 9.64 Å². The zero-order valence-corrected chi connectivity index (χ0v) is 18.9. The van der Waals surface area contributed by atoms with E-state index >= 15 is 0 Å². The number of likely N-dealkylation sites (tertiary alicyclic amines) is 1. The Labute approximate surface area is 184 Å². The Hall–Kier alpha value is -2.99. The predicted octanol–water partition coefficient (Wildman–Crippen LogP) is 4.30. The lowest BCUT2D eigenvalue weighted by Gasteiger charge is -2.33. The van der Waals surface area contributed by atoms with Gasteiger partial charge in [0.1, 0.15) is 11.6 Å². The van der Waals surface area contributed by atoms with Crippen LogP contribution in [0, 0.1) is 6.92 Å². The van der Waals surface area contributed by atoms with Gasteiger partial charge in [-0.15, -0.1) is 0 Å². The van der Waals surface area contributed by atoms with E-state index in [1.165, 1.54) is 11.1 Å². The molecule has 1 atom stereocenters. The minimum Gasteiger partial charge on any atom is -0.496 e. The fourth-order valence-electron chi connectivity index (χ4n) is 4.18. The van der Waals surface area contributed by atoms with E-state index in [1.54, 1.807) is 13.3 Å². The van der Waals surface area contributed by atoms with Gasteiger partial charge in [0.15, 0.2) is 5.82 Å². The van der Waals surface area contributed by atoms with E-state index in [2.05, 4.69) is 41.1 Å². The van der Waals surface area contributed by atoms with Crippen molar-refractivity contribution in [3.63, 3.8) is 0 Å². The van der Waals surface area contributed by atoms with Gasteiger partial charge in [0, 0.05) is 62.7 Å². The molecule has 31 heavy (non-hydrogen) atoms. The highest BCUT2D eigenvalue weighted by atomic mass is 16.5. The smallest absolute Gasteiger partial charge is 0.163 e. The third kappa shape index (κ3) is 5.02. The number of anilines is 1. The fraction of sp³-hybridized carbons (Fsp3) is 0.400. The van der Waals surface area contributed by atoms with Crippen molar-refractivity contribution in [3.05, 3.63) is 65.6 Å². The largest absolute Gasteiger partial charge is 0.496 e. The van der Waals surface area contributed by atoms with Crippen molar-refractivity contribution in [2.24, 2.45) is 0 Å². The molecule has 1 saturated heterocycles. The van der Waals surface area contributed by atoms with Crippen LogP contribution in [0.2, 0.25) is 0 Å². The summed E-state index contributed by atoms with van der Waals surface area (Å²) in [5.41, 5.74) is 4.52. The van der Waals surface area contributed by atoms with Gasteiger partial charge in [-0.05, 0) is 50.1 Å². The Bertz CT molecular complexity index is 1020. The van der Waals surface area contributed by atoms with Crippen molar-refractivity contribution >= 4 is 5.82 Å². The van der Waals surface area contributed by atoms with E-state index in [0.29, 0.717) is 5.92 Å². The monoisotopic (exact) mass is 417 g/mol. The van der Waals surface area contributed by atoms with E-state index in [4.69, 9.17) is 14.7 Å². The fourth-order valence-corrected chi connectivity index (χ4v) is 4.18. The number of hydrogen-bond donors (Lipinski definition) is 0. The van der Waals surface area contributed by atoms with Gasteiger partial charge in [-0.2, -0.15) is 0 Å². The Morgan fingerprint density at radius 1 is 1.16 bits per heavy atom. The van der Waals surface area contributed by atoms with Crippen molar-refractivity contribution in [2.75, 3.05) is 39.2 Å². The van der Waals surface area contributed by atoms with Gasteiger partial charge >= 0.3 is 0 Å². The molecule has 1 fully saturated rings. The molecule has 1 aliphatic heterocycles. The summed E-state index contributed by atoms with van der Waals surface area (Å²) in [6.07, 6.45) is 5.90. The molecule has 0 saturated carbocycles. The maximum atomic E-state index is 5.63. The van der Waals surface area contributed by atoms with E-state index in [-0.39, 0.29) is 0 Å². The highest BCUT2D eigenvalue weighted by Gasteiger charge is 2.25. The van der Waals surface area contributed by atoms with Gasteiger partial charge in [-0.25, -0.2) is 9.97 Å². The molecule has 0 aliphatic carbocycles. The minimum atomic E-state index is 0.377. The van der Waals surface area contributed by atoms with E-state index in [9.17, 15) is 0 Å². The average Bonchev–Trinajstić information content (AvgIpc) is 2.80. The van der Waals surface area contributed by atoms with Crippen LogP contribution in [0.3, 0.4) is 0 Å². The molecule has 0 spiro atoms. The molecule has 162 valence electrons. The van der Waals surface area contributed by atoms with Gasteiger partial charge in [0.05, 0.1) is 12.8 Å². The molecule has 4 rings (SSSR count). The zero-order valence-electron chi connectivity index (χ0n) is 18.9. The molecule has 0 amide bonds. The zero-order chi connectivity index (χ0) is 21.8. The van der Waals surface area contributed by atoms with Gasteiger partial charge in [-0.1, -0.05) is 12.1 Å². The molecule has 0 unspecified atom stereocenters. The third-order valence-corrected chi connectivity index (χ3v) is 5.87. The first-order chi connectivity index (χ1) is 15.0. The van der Waals surface area contributed by atoms with Crippen molar-refractivity contribution in [3.8, 4) is 17.1 Å². The second-order valence-corrected chi connectivity index (χ2v) is 8.50. The second-order valence-electron chi connectivity index (χ2n) is 8.50. The van der Waals surface area contributed by atoms with E-state index in [0.717, 1.165) is 61.1 Å². The number of methoxy groups -OCH3 is 1. The number of aryl methyl sites for hydroxylation is 1. The lowest BCUT2D eigenvalue weighted by atomic mass is 9.93. The summed E-state index contributed by atoms with van der Waals surface area (Å²) in [6.45, 7) is 5.06. The summed E-state index contributed by atoms with van der Waals surface area (Å²) in [5, 5.41) is 0. The minimum absolute atomic E-state index is 0.377. The SMILES string of the molecule is COc1cc(C)ccc1CN1CCC[C@@H](c2cc(N(C)C)nc(-c3cccnc3)n2)C1. The first-order valence-electron chi connectivity index (χ1n) is 10.9. The van der Waals surface area contributed by atoms with Crippen LogP contribution in [-0.2, 0) is 6.54 Å². The highest BCUT2D eigenvalue weighted by Crippen LogP contribution is 2.31. The maximum absolute atomic E-state index is 5.63. The number of rotatable bonds is 6.